The topological polar surface area (TPSA) is 86.7 Å². The van der Waals surface area contributed by atoms with Crippen molar-refractivity contribution in [2.45, 2.75) is 32.9 Å². The Labute approximate surface area is 174 Å². The number of carbonyl (C=O) groups is 2. The van der Waals surface area contributed by atoms with E-state index in [1.807, 2.05) is 0 Å². The molecule has 8 nitrogen and oxygen atoms in total. The summed E-state index contributed by atoms with van der Waals surface area (Å²) in [5.41, 5.74) is 0.729. The summed E-state index contributed by atoms with van der Waals surface area (Å²) in [5.74, 6) is 1.78. The van der Waals surface area contributed by atoms with Crippen LogP contribution in [0.5, 0.6) is 17.2 Å². The first-order valence-corrected chi connectivity index (χ1v) is 9.46. The molecule has 2 aliphatic rings. The highest BCUT2D eigenvalue weighted by Gasteiger charge is 2.41. The van der Waals surface area contributed by atoms with Gasteiger partial charge in [0, 0.05) is 16.7 Å². The van der Waals surface area contributed by atoms with Gasteiger partial charge >= 0.3 is 0 Å². The van der Waals surface area contributed by atoms with E-state index in [1.165, 1.54) is 11.8 Å². The maximum atomic E-state index is 13.2. The quantitative estimate of drug-likeness (QED) is 0.704. The minimum Gasteiger partial charge on any atom is -0.496 e. The molecule has 0 aliphatic carbocycles. The number of oxime groups is 1. The van der Waals surface area contributed by atoms with Crippen LogP contribution >= 0.6 is 0 Å². The summed E-state index contributed by atoms with van der Waals surface area (Å²) >= 11 is 0. The number of rotatable bonds is 5. The number of ketones is 1. The molecule has 0 fully saturated rings. The van der Waals surface area contributed by atoms with Gasteiger partial charge in [-0.1, -0.05) is 5.16 Å². The van der Waals surface area contributed by atoms with Crippen molar-refractivity contribution in [1.29, 1.82) is 0 Å². The number of hydrogen-bond acceptors (Lipinski definition) is 7. The van der Waals surface area contributed by atoms with Crippen LogP contribution in [0.25, 0.3) is 0 Å². The molecule has 2 heterocycles. The second-order valence-corrected chi connectivity index (χ2v) is 7.56. The van der Waals surface area contributed by atoms with Gasteiger partial charge in [-0.15, -0.1) is 0 Å². The van der Waals surface area contributed by atoms with Crippen molar-refractivity contribution in [3.8, 4) is 17.2 Å². The van der Waals surface area contributed by atoms with Gasteiger partial charge in [-0.05, 0) is 57.2 Å². The molecule has 0 N–H and O–H groups in total. The van der Waals surface area contributed by atoms with Crippen LogP contribution in [0.4, 0.5) is 0 Å². The van der Waals surface area contributed by atoms with Gasteiger partial charge in [0.25, 0.3) is 5.91 Å². The van der Waals surface area contributed by atoms with Crippen molar-refractivity contribution in [3.63, 3.8) is 0 Å². The number of methoxy groups -OCH3 is 1. The summed E-state index contributed by atoms with van der Waals surface area (Å²) in [6, 6.07) is 10.5. The predicted molar refractivity (Wildman–Crippen MR) is 108 cm³/mol. The van der Waals surface area contributed by atoms with Gasteiger partial charge in [0.15, 0.2) is 23.1 Å². The van der Waals surface area contributed by atoms with Crippen LogP contribution in [0.1, 0.15) is 42.3 Å². The molecule has 0 saturated carbocycles. The van der Waals surface area contributed by atoms with Gasteiger partial charge in [0.2, 0.25) is 12.4 Å². The molecule has 0 unspecified atom stereocenters. The second-order valence-electron chi connectivity index (χ2n) is 7.56. The summed E-state index contributed by atoms with van der Waals surface area (Å²) in [5, 5.41) is 4.24. The Morgan fingerprint density at radius 3 is 2.67 bits per heavy atom. The Hall–Kier alpha value is -3.55. The van der Waals surface area contributed by atoms with Gasteiger partial charge in [-0.25, -0.2) is 0 Å². The fourth-order valence-corrected chi connectivity index (χ4v) is 3.35. The molecule has 0 spiro atoms. The van der Waals surface area contributed by atoms with Crippen LogP contribution in [0.15, 0.2) is 41.6 Å². The van der Waals surface area contributed by atoms with E-state index in [2.05, 4.69) is 5.16 Å². The van der Waals surface area contributed by atoms with Crippen molar-refractivity contribution in [2.24, 2.45) is 5.16 Å². The van der Waals surface area contributed by atoms with Crippen LogP contribution in [0.2, 0.25) is 0 Å². The number of nitrogens with zero attached hydrogens (tertiary/aromatic N) is 2. The minimum absolute atomic E-state index is 0.0720. The number of Topliss-reactive ketones (excluding diaryl/α,β-unsaturated/α-hetero) is 1. The van der Waals surface area contributed by atoms with Crippen molar-refractivity contribution >= 4 is 17.5 Å². The molecule has 2 aliphatic heterocycles. The summed E-state index contributed by atoms with van der Waals surface area (Å²) in [7, 11) is 1.55. The Morgan fingerprint density at radius 2 is 1.93 bits per heavy atom. The number of ether oxygens (including phenoxy) is 3. The maximum absolute atomic E-state index is 13.2. The van der Waals surface area contributed by atoms with E-state index in [9.17, 15) is 9.59 Å². The largest absolute Gasteiger partial charge is 0.496 e. The normalized spacial score (nSPS) is 16.7. The predicted octanol–water partition coefficient (Wildman–Crippen LogP) is 3.13. The molecule has 4 rings (SSSR count). The van der Waals surface area contributed by atoms with Gasteiger partial charge in [0.1, 0.15) is 5.75 Å². The first-order valence-electron chi connectivity index (χ1n) is 9.46. The highest BCUT2D eigenvalue weighted by atomic mass is 16.7. The number of carbonyl (C=O) groups excluding carboxylic acids is 2. The van der Waals surface area contributed by atoms with E-state index in [1.54, 1.807) is 57.4 Å². The lowest BCUT2D eigenvalue weighted by molar-refractivity contribution is -0.154. The molecule has 0 atom stereocenters. The third-order valence-electron chi connectivity index (χ3n) is 5.02. The van der Waals surface area contributed by atoms with Crippen molar-refractivity contribution < 1.29 is 28.6 Å². The van der Waals surface area contributed by atoms with Crippen LogP contribution in [-0.4, -0.2) is 41.9 Å². The zero-order valence-corrected chi connectivity index (χ0v) is 17.2. The van der Waals surface area contributed by atoms with Crippen molar-refractivity contribution in [2.75, 3.05) is 13.9 Å². The van der Waals surface area contributed by atoms with E-state index < -0.39 is 5.60 Å². The Bertz CT molecular complexity index is 1060. The lowest BCUT2D eigenvalue weighted by atomic mass is 10.0. The highest BCUT2D eigenvalue weighted by molar-refractivity contribution is 6.10. The molecular formula is C22H22N2O6. The second kappa shape index (κ2) is 7.37. The minimum atomic E-state index is -1.13. The van der Waals surface area contributed by atoms with Crippen molar-refractivity contribution in [3.05, 3.63) is 53.1 Å². The Kier molecular flexibility index (Phi) is 4.85. The molecule has 0 saturated heterocycles. The lowest BCUT2D eigenvalue weighted by Crippen LogP contribution is -2.52. The first-order chi connectivity index (χ1) is 14.3. The zero-order valence-electron chi connectivity index (χ0n) is 17.2. The van der Waals surface area contributed by atoms with E-state index in [-0.39, 0.29) is 25.0 Å². The summed E-state index contributed by atoms with van der Waals surface area (Å²) in [6.07, 6.45) is 0. The molecule has 0 radical (unpaired) electrons. The smallest absolute Gasteiger partial charge is 0.275 e. The standard InChI is InChI=1S/C22H22N2O6/c1-13(25)14-5-7-17(27-4)16(9-14)11-24-20(23-30-22(2,3)21(24)26)15-6-8-18-19(10-15)29-12-28-18/h5-10H,11-12H2,1-4H3. The first kappa shape index (κ1) is 19.8. The molecule has 1 amide bonds. The number of fused-ring (bicyclic) bond motifs is 1. The van der Waals surface area contributed by atoms with Crippen LogP contribution in [-0.2, 0) is 16.2 Å². The zero-order chi connectivity index (χ0) is 21.5. The monoisotopic (exact) mass is 410 g/mol. The Balaban J connectivity index is 1.76. The maximum Gasteiger partial charge on any atom is 0.275 e. The molecular weight excluding hydrogens is 388 g/mol. The average Bonchev–Trinajstić information content (AvgIpc) is 3.19. The van der Waals surface area contributed by atoms with E-state index in [0.29, 0.717) is 39.8 Å². The average molecular weight is 410 g/mol. The number of benzene rings is 2. The van der Waals surface area contributed by atoms with Crippen LogP contribution < -0.4 is 14.2 Å². The molecule has 0 bridgehead atoms. The molecule has 2 aromatic rings. The van der Waals surface area contributed by atoms with Crippen LogP contribution in [0, 0.1) is 0 Å². The van der Waals surface area contributed by atoms with Crippen molar-refractivity contribution in [1.82, 2.24) is 4.90 Å². The third-order valence-corrected chi connectivity index (χ3v) is 5.02. The summed E-state index contributed by atoms with van der Waals surface area (Å²) in [6.45, 7) is 5.11. The number of hydrogen-bond donors (Lipinski definition) is 0. The van der Waals surface area contributed by atoms with E-state index in [0.717, 1.165) is 0 Å². The van der Waals surface area contributed by atoms with E-state index in [4.69, 9.17) is 19.0 Å². The number of amides is 1. The van der Waals surface area contributed by atoms with Gasteiger partial charge in [0.05, 0.1) is 13.7 Å². The molecule has 0 aromatic heterocycles. The molecule has 156 valence electrons. The van der Waals surface area contributed by atoms with Gasteiger partial charge < -0.3 is 19.0 Å². The lowest BCUT2D eigenvalue weighted by Gasteiger charge is -2.35. The van der Waals surface area contributed by atoms with E-state index >= 15 is 0 Å². The fraction of sp³-hybridized carbons (Fsp3) is 0.318. The summed E-state index contributed by atoms with van der Waals surface area (Å²) < 4.78 is 16.3. The molecule has 8 heteroatoms. The SMILES string of the molecule is COc1ccc(C(C)=O)cc1CN1C(=O)C(C)(C)ON=C1c1ccc2c(c1)OCO2. The number of amidine groups is 1. The molecule has 2 aromatic carbocycles. The molecule has 30 heavy (non-hydrogen) atoms. The summed E-state index contributed by atoms with van der Waals surface area (Å²) in [4.78, 5) is 32.1. The fourth-order valence-electron chi connectivity index (χ4n) is 3.35. The third kappa shape index (κ3) is 3.45. The Morgan fingerprint density at radius 1 is 1.17 bits per heavy atom. The van der Waals surface area contributed by atoms with Gasteiger partial charge in [-0.3, -0.25) is 14.5 Å². The van der Waals surface area contributed by atoms with Crippen LogP contribution in [0.3, 0.4) is 0 Å². The van der Waals surface area contributed by atoms with Gasteiger partial charge in [-0.2, -0.15) is 0 Å². The highest BCUT2D eigenvalue weighted by Crippen LogP contribution is 2.35.